The molecule has 140 valence electrons. The van der Waals surface area contributed by atoms with Crippen molar-refractivity contribution in [3.05, 3.63) is 23.5 Å². The molecular formula is C23H43N. The van der Waals surface area contributed by atoms with Gasteiger partial charge >= 0.3 is 0 Å². The quantitative estimate of drug-likeness (QED) is 0.277. The third-order valence-electron chi connectivity index (χ3n) is 5.36. The predicted octanol–water partition coefficient (Wildman–Crippen LogP) is 8.13. The van der Waals surface area contributed by atoms with Crippen LogP contribution in [0.15, 0.2) is 12.4 Å². The van der Waals surface area contributed by atoms with Crippen molar-refractivity contribution < 1.29 is 0 Å². The molecule has 0 atom stereocenters. The third-order valence-corrected chi connectivity index (χ3v) is 5.36. The molecule has 0 saturated heterocycles. The second-order valence-corrected chi connectivity index (χ2v) is 7.72. The second kappa shape index (κ2) is 15.8. The van der Waals surface area contributed by atoms with E-state index in [0.29, 0.717) is 0 Å². The fourth-order valence-electron chi connectivity index (χ4n) is 3.61. The summed E-state index contributed by atoms with van der Waals surface area (Å²) in [6.07, 6.45) is 28.7. The van der Waals surface area contributed by atoms with Gasteiger partial charge in [0, 0.05) is 12.4 Å². The summed E-state index contributed by atoms with van der Waals surface area (Å²) in [6.45, 7) is 4.50. The highest BCUT2D eigenvalue weighted by Gasteiger charge is 1.99. The molecule has 0 unspecified atom stereocenters. The lowest BCUT2D eigenvalue weighted by Gasteiger charge is -2.04. The average Bonchev–Trinajstić information content (AvgIpc) is 2.99. The standard InChI is InChI=1S/C23H43N/c1-3-4-5-6-7-8-9-10-11-12-13-14-15-16-17-18-19-23-21-24-20-22(23)2/h20-21,24H,3-19H2,1-2H3. The lowest BCUT2D eigenvalue weighted by atomic mass is 10.0. The number of aromatic nitrogens is 1. The van der Waals surface area contributed by atoms with Crippen LogP contribution in [-0.4, -0.2) is 4.98 Å². The summed E-state index contributed by atoms with van der Waals surface area (Å²) in [5, 5.41) is 0. The zero-order chi connectivity index (χ0) is 17.3. The first-order valence-electron chi connectivity index (χ1n) is 11.0. The lowest BCUT2D eigenvalue weighted by Crippen LogP contribution is -1.87. The van der Waals surface area contributed by atoms with Gasteiger partial charge in [0.05, 0.1) is 0 Å². The van der Waals surface area contributed by atoms with Crippen molar-refractivity contribution in [1.29, 1.82) is 0 Å². The van der Waals surface area contributed by atoms with Gasteiger partial charge in [-0.2, -0.15) is 0 Å². The zero-order valence-electron chi connectivity index (χ0n) is 16.7. The monoisotopic (exact) mass is 333 g/mol. The maximum Gasteiger partial charge on any atom is 0.00400 e. The summed E-state index contributed by atoms with van der Waals surface area (Å²) in [5.41, 5.74) is 2.94. The molecule has 0 spiro atoms. The molecular weight excluding hydrogens is 290 g/mol. The maximum atomic E-state index is 3.20. The van der Waals surface area contributed by atoms with E-state index in [9.17, 15) is 0 Å². The highest BCUT2D eigenvalue weighted by atomic mass is 14.6. The van der Waals surface area contributed by atoms with E-state index < -0.39 is 0 Å². The van der Waals surface area contributed by atoms with E-state index in [2.05, 4.69) is 31.2 Å². The van der Waals surface area contributed by atoms with Crippen molar-refractivity contribution in [2.24, 2.45) is 0 Å². The van der Waals surface area contributed by atoms with Gasteiger partial charge in [0.25, 0.3) is 0 Å². The molecule has 0 aliphatic rings. The molecule has 0 aliphatic carbocycles. The Morgan fingerprint density at radius 1 is 0.583 bits per heavy atom. The number of hydrogen-bond acceptors (Lipinski definition) is 0. The van der Waals surface area contributed by atoms with Crippen molar-refractivity contribution in [2.75, 3.05) is 0 Å². The zero-order valence-corrected chi connectivity index (χ0v) is 16.7. The Labute approximate surface area is 152 Å². The van der Waals surface area contributed by atoms with Crippen LogP contribution in [-0.2, 0) is 6.42 Å². The van der Waals surface area contributed by atoms with Crippen molar-refractivity contribution >= 4 is 0 Å². The molecule has 1 nitrogen and oxygen atoms in total. The number of H-pyrrole nitrogens is 1. The smallest absolute Gasteiger partial charge is 0.00400 e. The van der Waals surface area contributed by atoms with Gasteiger partial charge in [-0.25, -0.2) is 0 Å². The molecule has 1 N–H and O–H groups in total. The van der Waals surface area contributed by atoms with E-state index >= 15 is 0 Å². The summed E-state index contributed by atoms with van der Waals surface area (Å²) in [6, 6.07) is 0. The van der Waals surface area contributed by atoms with E-state index in [4.69, 9.17) is 0 Å². The number of unbranched alkanes of at least 4 members (excludes halogenated alkanes) is 15. The maximum absolute atomic E-state index is 3.20. The first-order valence-corrected chi connectivity index (χ1v) is 11.0. The summed E-state index contributed by atoms with van der Waals surface area (Å²) in [5.74, 6) is 0. The summed E-state index contributed by atoms with van der Waals surface area (Å²) in [4.78, 5) is 3.20. The van der Waals surface area contributed by atoms with Crippen LogP contribution in [0.5, 0.6) is 0 Å². The molecule has 1 heterocycles. The number of aromatic amines is 1. The minimum Gasteiger partial charge on any atom is -0.367 e. The Hall–Kier alpha value is -0.720. The van der Waals surface area contributed by atoms with Crippen LogP contribution in [0, 0.1) is 6.92 Å². The highest BCUT2D eigenvalue weighted by molar-refractivity contribution is 5.21. The van der Waals surface area contributed by atoms with E-state index in [-0.39, 0.29) is 0 Å². The largest absolute Gasteiger partial charge is 0.367 e. The summed E-state index contributed by atoms with van der Waals surface area (Å²) < 4.78 is 0. The minimum absolute atomic E-state index is 1.26. The van der Waals surface area contributed by atoms with Gasteiger partial charge in [0.15, 0.2) is 0 Å². The van der Waals surface area contributed by atoms with Crippen LogP contribution >= 0.6 is 0 Å². The summed E-state index contributed by atoms with van der Waals surface area (Å²) in [7, 11) is 0. The van der Waals surface area contributed by atoms with Gasteiger partial charge < -0.3 is 4.98 Å². The van der Waals surface area contributed by atoms with Gasteiger partial charge in [0.1, 0.15) is 0 Å². The molecule has 1 aromatic heterocycles. The van der Waals surface area contributed by atoms with Gasteiger partial charge in [-0.05, 0) is 30.9 Å². The Kier molecular flexibility index (Phi) is 14.0. The predicted molar refractivity (Wildman–Crippen MR) is 109 cm³/mol. The average molecular weight is 334 g/mol. The van der Waals surface area contributed by atoms with Crippen molar-refractivity contribution in [3.63, 3.8) is 0 Å². The van der Waals surface area contributed by atoms with Crippen LogP contribution in [0.25, 0.3) is 0 Å². The van der Waals surface area contributed by atoms with Crippen LogP contribution in [0.4, 0.5) is 0 Å². The van der Waals surface area contributed by atoms with Gasteiger partial charge in [-0.3, -0.25) is 0 Å². The highest BCUT2D eigenvalue weighted by Crippen LogP contribution is 2.15. The molecule has 0 radical (unpaired) electrons. The SMILES string of the molecule is CCCCCCCCCCCCCCCCCCc1c[nH]cc1C. The topological polar surface area (TPSA) is 15.8 Å². The fraction of sp³-hybridized carbons (Fsp3) is 0.826. The molecule has 0 bridgehead atoms. The van der Waals surface area contributed by atoms with Gasteiger partial charge in [0.2, 0.25) is 0 Å². The fourth-order valence-corrected chi connectivity index (χ4v) is 3.61. The van der Waals surface area contributed by atoms with Gasteiger partial charge in [-0.15, -0.1) is 0 Å². The minimum atomic E-state index is 1.26. The number of nitrogens with one attached hydrogen (secondary N) is 1. The summed E-state index contributed by atoms with van der Waals surface area (Å²) >= 11 is 0. The Morgan fingerprint density at radius 2 is 1.00 bits per heavy atom. The first-order chi connectivity index (χ1) is 11.8. The molecule has 0 aliphatic heterocycles. The van der Waals surface area contributed by atoms with Gasteiger partial charge in [-0.1, -0.05) is 103 Å². The second-order valence-electron chi connectivity index (χ2n) is 7.72. The van der Waals surface area contributed by atoms with E-state index in [1.807, 2.05) is 0 Å². The van der Waals surface area contributed by atoms with Crippen LogP contribution in [0.2, 0.25) is 0 Å². The number of hydrogen-bond donors (Lipinski definition) is 1. The van der Waals surface area contributed by atoms with E-state index in [0.717, 1.165) is 0 Å². The molecule has 24 heavy (non-hydrogen) atoms. The van der Waals surface area contributed by atoms with E-state index in [1.54, 1.807) is 0 Å². The lowest BCUT2D eigenvalue weighted by molar-refractivity contribution is 0.529. The normalized spacial score (nSPS) is 11.2. The Balaban J connectivity index is 1.71. The molecule has 0 aromatic carbocycles. The number of rotatable bonds is 17. The Bertz CT molecular complexity index is 366. The third kappa shape index (κ3) is 11.8. The molecule has 0 amide bonds. The van der Waals surface area contributed by atoms with Crippen molar-refractivity contribution in [3.8, 4) is 0 Å². The molecule has 0 fully saturated rings. The van der Waals surface area contributed by atoms with Crippen molar-refractivity contribution in [2.45, 2.75) is 123 Å². The molecule has 1 rings (SSSR count). The first kappa shape index (κ1) is 21.3. The number of aryl methyl sites for hydroxylation is 2. The van der Waals surface area contributed by atoms with Crippen molar-refractivity contribution in [1.82, 2.24) is 4.98 Å². The van der Waals surface area contributed by atoms with E-state index in [1.165, 1.54) is 120 Å². The molecule has 1 heteroatoms. The molecule has 1 aromatic rings. The Morgan fingerprint density at radius 3 is 1.38 bits per heavy atom. The van der Waals surface area contributed by atoms with Crippen LogP contribution in [0.3, 0.4) is 0 Å². The van der Waals surface area contributed by atoms with Crippen LogP contribution in [0.1, 0.15) is 121 Å². The molecule has 0 saturated carbocycles. The van der Waals surface area contributed by atoms with Crippen LogP contribution < -0.4 is 0 Å².